The third-order valence-corrected chi connectivity index (χ3v) is 4.79. The molecule has 21 heavy (non-hydrogen) atoms. The predicted octanol–water partition coefficient (Wildman–Crippen LogP) is 1.47. The summed E-state index contributed by atoms with van der Waals surface area (Å²) in [5.74, 6) is 1.43. The van der Waals surface area contributed by atoms with Crippen LogP contribution in [0.4, 0.5) is 0 Å². The van der Waals surface area contributed by atoms with Crippen LogP contribution in [0.5, 0.6) is 0 Å². The molecule has 3 rings (SSSR count). The minimum Gasteiger partial charge on any atom is -0.387 e. The van der Waals surface area contributed by atoms with Gasteiger partial charge in [0.25, 0.3) is 5.91 Å². The van der Waals surface area contributed by atoms with Gasteiger partial charge in [-0.25, -0.2) is 4.68 Å². The number of carbonyl (C=O) groups excluding carboxylic acids is 1. The molecule has 1 aromatic carbocycles. The Morgan fingerprint density at radius 2 is 2.29 bits per heavy atom. The number of thioether (sulfide) groups is 1. The Labute approximate surface area is 127 Å². The molecule has 110 valence electrons. The average molecular weight is 303 g/mol. The van der Waals surface area contributed by atoms with Crippen molar-refractivity contribution in [2.24, 2.45) is 0 Å². The third kappa shape index (κ3) is 3.11. The molecule has 0 aliphatic carbocycles. The lowest BCUT2D eigenvalue weighted by atomic mass is 10.0. The molecular weight excluding hydrogens is 286 g/mol. The van der Waals surface area contributed by atoms with Crippen molar-refractivity contribution in [2.45, 2.75) is 12.0 Å². The van der Waals surface area contributed by atoms with Gasteiger partial charge in [0.2, 0.25) is 0 Å². The Morgan fingerprint density at radius 1 is 1.43 bits per heavy atom. The van der Waals surface area contributed by atoms with E-state index in [2.05, 4.69) is 10.4 Å². The van der Waals surface area contributed by atoms with Crippen molar-refractivity contribution in [1.29, 1.82) is 0 Å². The van der Waals surface area contributed by atoms with E-state index < -0.39 is 5.60 Å². The molecule has 0 spiro atoms. The van der Waals surface area contributed by atoms with E-state index in [9.17, 15) is 9.90 Å². The average Bonchev–Trinajstić information content (AvgIpc) is 3.17. The minimum atomic E-state index is -0.777. The molecule has 1 aliphatic heterocycles. The van der Waals surface area contributed by atoms with Gasteiger partial charge in [0.1, 0.15) is 0 Å². The number of hydrogen-bond acceptors (Lipinski definition) is 4. The Hall–Kier alpha value is -1.79. The van der Waals surface area contributed by atoms with Gasteiger partial charge in [0.05, 0.1) is 16.9 Å². The lowest BCUT2D eigenvalue weighted by Crippen LogP contribution is -2.43. The first-order valence-electron chi connectivity index (χ1n) is 6.85. The lowest BCUT2D eigenvalue weighted by Gasteiger charge is -2.21. The van der Waals surface area contributed by atoms with Gasteiger partial charge in [0, 0.05) is 24.7 Å². The molecule has 0 radical (unpaired) electrons. The van der Waals surface area contributed by atoms with Crippen LogP contribution in [0.2, 0.25) is 0 Å². The molecule has 0 saturated carbocycles. The van der Waals surface area contributed by atoms with Gasteiger partial charge in [0.15, 0.2) is 0 Å². The van der Waals surface area contributed by atoms with Crippen molar-refractivity contribution >= 4 is 17.7 Å². The van der Waals surface area contributed by atoms with Crippen LogP contribution >= 0.6 is 11.8 Å². The molecule has 1 aromatic heterocycles. The van der Waals surface area contributed by atoms with Crippen molar-refractivity contribution in [3.63, 3.8) is 0 Å². The van der Waals surface area contributed by atoms with Gasteiger partial charge < -0.3 is 10.4 Å². The van der Waals surface area contributed by atoms with E-state index >= 15 is 0 Å². The number of rotatable bonds is 4. The van der Waals surface area contributed by atoms with Gasteiger partial charge in [-0.1, -0.05) is 12.1 Å². The van der Waals surface area contributed by atoms with E-state index in [-0.39, 0.29) is 12.5 Å². The topological polar surface area (TPSA) is 67.2 Å². The SMILES string of the molecule is O=C(NCC1(O)CCSC1)c1ccccc1-n1cccn1. The number of aromatic nitrogens is 2. The fourth-order valence-corrected chi connectivity index (χ4v) is 3.65. The standard InChI is InChI=1S/C15H17N3O2S/c19-14(16-10-15(20)6-9-21-11-15)12-4-1-2-5-13(12)18-8-3-7-17-18/h1-5,7-8,20H,6,9-11H2,(H,16,19). The maximum Gasteiger partial charge on any atom is 0.253 e. The van der Waals surface area contributed by atoms with Crippen LogP contribution in [0, 0.1) is 0 Å². The lowest BCUT2D eigenvalue weighted by molar-refractivity contribution is 0.0612. The number of aliphatic hydroxyl groups is 1. The Bertz CT molecular complexity index is 622. The Morgan fingerprint density at radius 3 is 3.00 bits per heavy atom. The van der Waals surface area contributed by atoms with Gasteiger partial charge >= 0.3 is 0 Å². The van der Waals surface area contributed by atoms with Crippen molar-refractivity contribution in [2.75, 3.05) is 18.1 Å². The maximum atomic E-state index is 12.4. The van der Waals surface area contributed by atoms with Crippen LogP contribution < -0.4 is 5.32 Å². The highest BCUT2D eigenvalue weighted by Gasteiger charge is 2.32. The molecule has 1 saturated heterocycles. The number of nitrogens with one attached hydrogen (secondary N) is 1. The van der Waals surface area contributed by atoms with E-state index in [1.165, 1.54) is 0 Å². The van der Waals surface area contributed by atoms with Crippen LogP contribution in [-0.2, 0) is 0 Å². The summed E-state index contributed by atoms with van der Waals surface area (Å²) in [7, 11) is 0. The van der Waals surface area contributed by atoms with Crippen LogP contribution in [0.25, 0.3) is 5.69 Å². The third-order valence-electron chi connectivity index (χ3n) is 3.56. The summed E-state index contributed by atoms with van der Waals surface area (Å²) in [6, 6.07) is 9.12. The first-order chi connectivity index (χ1) is 10.2. The van der Waals surface area contributed by atoms with Crippen molar-refractivity contribution < 1.29 is 9.90 Å². The summed E-state index contributed by atoms with van der Waals surface area (Å²) >= 11 is 1.71. The molecule has 2 heterocycles. The minimum absolute atomic E-state index is 0.188. The summed E-state index contributed by atoms with van der Waals surface area (Å²) in [4.78, 5) is 12.4. The van der Waals surface area contributed by atoms with Gasteiger partial charge in [-0.2, -0.15) is 16.9 Å². The number of nitrogens with zero attached hydrogens (tertiary/aromatic N) is 2. The number of carbonyl (C=O) groups is 1. The first-order valence-corrected chi connectivity index (χ1v) is 8.01. The number of hydrogen-bond donors (Lipinski definition) is 2. The number of benzene rings is 1. The zero-order valence-corrected chi connectivity index (χ0v) is 12.3. The first kappa shape index (κ1) is 14.2. The summed E-state index contributed by atoms with van der Waals surface area (Å²) < 4.78 is 1.66. The van der Waals surface area contributed by atoms with Crippen LogP contribution in [-0.4, -0.2) is 44.4 Å². The van der Waals surface area contributed by atoms with Gasteiger partial charge in [-0.05, 0) is 30.4 Å². The molecule has 1 fully saturated rings. The highest BCUT2D eigenvalue weighted by atomic mass is 32.2. The fourth-order valence-electron chi connectivity index (χ4n) is 2.35. The van der Waals surface area contributed by atoms with Gasteiger partial charge in [-0.3, -0.25) is 4.79 Å². The van der Waals surface area contributed by atoms with Crippen molar-refractivity contribution in [3.05, 3.63) is 48.3 Å². The molecule has 1 unspecified atom stereocenters. The normalized spacial score (nSPS) is 21.4. The van der Waals surface area contributed by atoms with Gasteiger partial charge in [-0.15, -0.1) is 0 Å². The summed E-state index contributed by atoms with van der Waals surface area (Å²) in [6.45, 7) is 0.284. The molecule has 2 N–H and O–H groups in total. The smallest absolute Gasteiger partial charge is 0.253 e. The number of amides is 1. The molecule has 5 nitrogen and oxygen atoms in total. The highest BCUT2D eigenvalue weighted by molar-refractivity contribution is 7.99. The Kier molecular flexibility index (Phi) is 3.98. The van der Waals surface area contributed by atoms with E-state index in [1.54, 1.807) is 34.9 Å². The molecule has 0 bridgehead atoms. The second kappa shape index (κ2) is 5.91. The summed E-state index contributed by atoms with van der Waals surface area (Å²) in [5.41, 5.74) is 0.504. The van der Waals surface area contributed by atoms with E-state index in [0.717, 1.165) is 17.9 Å². The van der Waals surface area contributed by atoms with E-state index in [1.807, 2.05) is 24.3 Å². The quantitative estimate of drug-likeness (QED) is 0.897. The molecule has 1 atom stereocenters. The van der Waals surface area contributed by atoms with Crippen LogP contribution in [0.15, 0.2) is 42.7 Å². The van der Waals surface area contributed by atoms with Crippen molar-refractivity contribution in [1.82, 2.24) is 15.1 Å². The fraction of sp³-hybridized carbons (Fsp3) is 0.333. The number of para-hydroxylation sites is 1. The van der Waals surface area contributed by atoms with E-state index in [4.69, 9.17) is 0 Å². The monoisotopic (exact) mass is 303 g/mol. The van der Waals surface area contributed by atoms with Crippen molar-refractivity contribution in [3.8, 4) is 5.69 Å². The van der Waals surface area contributed by atoms with Crippen LogP contribution in [0.1, 0.15) is 16.8 Å². The predicted molar refractivity (Wildman–Crippen MR) is 82.8 cm³/mol. The second-order valence-electron chi connectivity index (χ2n) is 5.18. The van der Waals surface area contributed by atoms with E-state index in [0.29, 0.717) is 11.3 Å². The molecule has 2 aromatic rings. The molecule has 1 aliphatic rings. The zero-order valence-electron chi connectivity index (χ0n) is 11.5. The Balaban J connectivity index is 1.76. The summed E-state index contributed by atoms with van der Waals surface area (Å²) in [6.07, 6.45) is 4.19. The molecule has 6 heteroatoms. The summed E-state index contributed by atoms with van der Waals surface area (Å²) in [5, 5.41) is 17.3. The molecule has 1 amide bonds. The molecular formula is C15H17N3O2S. The second-order valence-corrected chi connectivity index (χ2v) is 6.28. The van der Waals surface area contributed by atoms with Crippen LogP contribution in [0.3, 0.4) is 0 Å². The maximum absolute atomic E-state index is 12.4. The highest BCUT2D eigenvalue weighted by Crippen LogP contribution is 2.27. The largest absolute Gasteiger partial charge is 0.387 e. The zero-order chi connectivity index (χ0) is 14.7.